The molecule has 0 radical (unpaired) electrons. The Labute approximate surface area is 131 Å². The van der Waals surface area contributed by atoms with Gasteiger partial charge in [-0.3, -0.25) is 0 Å². The highest BCUT2D eigenvalue weighted by molar-refractivity contribution is 5.43. The molecule has 0 amide bonds. The van der Waals surface area contributed by atoms with E-state index in [1.807, 2.05) is 0 Å². The van der Waals surface area contributed by atoms with Gasteiger partial charge in [0.1, 0.15) is 0 Å². The summed E-state index contributed by atoms with van der Waals surface area (Å²) in [5.41, 5.74) is 6.07. The van der Waals surface area contributed by atoms with Crippen molar-refractivity contribution in [2.45, 2.75) is 78.6 Å². The first-order chi connectivity index (χ1) is 9.78. The fraction of sp³-hybridized carbons (Fsp3) is 0.684. The molecule has 0 aromatic heterocycles. The average molecular weight is 291 g/mol. The summed E-state index contributed by atoms with van der Waals surface area (Å²) in [7, 11) is 0. The molecule has 1 aromatic rings. The molecule has 21 heavy (non-hydrogen) atoms. The number of benzene rings is 1. The van der Waals surface area contributed by atoms with E-state index in [0.29, 0.717) is 0 Å². The zero-order chi connectivity index (χ0) is 16.1. The number of nitrogens with one attached hydrogen (secondary N) is 1. The van der Waals surface area contributed by atoms with Crippen LogP contribution in [-0.4, -0.2) is 6.54 Å². The van der Waals surface area contributed by atoms with Gasteiger partial charge in [0.15, 0.2) is 5.75 Å². The van der Waals surface area contributed by atoms with Gasteiger partial charge in [-0.2, -0.15) is 5.48 Å². The van der Waals surface area contributed by atoms with Crippen LogP contribution in [0.2, 0.25) is 0 Å². The van der Waals surface area contributed by atoms with Crippen molar-refractivity contribution >= 4 is 0 Å². The lowest BCUT2D eigenvalue weighted by Gasteiger charge is -2.30. The summed E-state index contributed by atoms with van der Waals surface area (Å²) < 4.78 is 0. The highest BCUT2D eigenvalue weighted by Crippen LogP contribution is 2.38. The van der Waals surface area contributed by atoms with E-state index in [4.69, 9.17) is 4.84 Å². The smallest absolute Gasteiger partial charge is 0.150 e. The third-order valence-corrected chi connectivity index (χ3v) is 4.79. The van der Waals surface area contributed by atoms with Crippen LogP contribution >= 0.6 is 0 Å². The molecule has 0 aliphatic rings. The van der Waals surface area contributed by atoms with Gasteiger partial charge in [0.25, 0.3) is 0 Å². The maximum atomic E-state index is 5.82. The van der Waals surface area contributed by atoms with Crippen molar-refractivity contribution in [2.24, 2.45) is 0 Å². The minimum atomic E-state index is 0.114. The monoisotopic (exact) mass is 291 g/mol. The Hall–Kier alpha value is -1.02. The van der Waals surface area contributed by atoms with Gasteiger partial charge in [-0.1, -0.05) is 60.6 Å². The second-order valence-electron chi connectivity index (χ2n) is 7.18. The Kier molecular flexibility index (Phi) is 6.27. The van der Waals surface area contributed by atoms with E-state index in [1.165, 1.54) is 11.1 Å². The fourth-order valence-electron chi connectivity index (χ4n) is 2.19. The molecular weight excluding hydrogens is 258 g/mol. The van der Waals surface area contributed by atoms with E-state index in [-0.39, 0.29) is 10.8 Å². The van der Waals surface area contributed by atoms with Crippen molar-refractivity contribution in [1.82, 2.24) is 5.48 Å². The Morgan fingerprint density at radius 1 is 0.952 bits per heavy atom. The molecule has 0 atom stereocenters. The normalized spacial score (nSPS) is 12.5. The molecule has 0 bridgehead atoms. The zero-order valence-electron chi connectivity index (χ0n) is 15.0. The van der Waals surface area contributed by atoms with Gasteiger partial charge in [0, 0.05) is 12.1 Å². The minimum Gasteiger partial charge on any atom is -0.408 e. The zero-order valence-corrected chi connectivity index (χ0v) is 15.0. The van der Waals surface area contributed by atoms with Crippen LogP contribution in [0.3, 0.4) is 0 Å². The van der Waals surface area contributed by atoms with E-state index in [1.54, 1.807) is 0 Å². The maximum absolute atomic E-state index is 5.82. The van der Waals surface area contributed by atoms with Crippen molar-refractivity contribution in [3.63, 3.8) is 0 Å². The van der Waals surface area contributed by atoms with E-state index in [0.717, 1.165) is 31.6 Å². The van der Waals surface area contributed by atoms with E-state index in [9.17, 15) is 0 Å². The van der Waals surface area contributed by atoms with Crippen LogP contribution in [0.5, 0.6) is 5.75 Å². The quantitative estimate of drug-likeness (QED) is 0.514. The van der Waals surface area contributed by atoms with Crippen LogP contribution in [0.4, 0.5) is 0 Å². The minimum absolute atomic E-state index is 0.114. The predicted octanol–water partition coefficient (Wildman–Crippen LogP) is 5.36. The van der Waals surface area contributed by atoms with Crippen LogP contribution in [0, 0.1) is 0 Å². The molecule has 0 saturated heterocycles. The standard InChI is InChI=1S/C19H33NO/c1-8-13-20-21-17-12-11-15(18(4,5)9-2)14-16(17)19(6,7)10-3/h11-12,14,20H,8-10,13H2,1-7H3. The van der Waals surface area contributed by atoms with Crippen LogP contribution in [0.1, 0.15) is 78.9 Å². The molecule has 0 unspecified atom stereocenters. The molecular formula is C19H33NO. The molecule has 1 N–H and O–H groups in total. The highest BCUT2D eigenvalue weighted by atomic mass is 16.6. The van der Waals surface area contributed by atoms with Crippen LogP contribution < -0.4 is 10.3 Å². The molecule has 0 spiro atoms. The first kappa shape index (κ1) is 18.0. The van der Waals surface area contributed by atoms with E-state index < -0.39 is 0 Å². The highest BCUT2D eigenvalue weighted by Gasteiger charge is 2.26. The molecule has 1 rings (SSSR count). The van der Waals surface area contributed by atoms with Crippen molar-refractivity contribution in [1.29, 1.82) is 0 Å². The van der Waals surface area contributed by atoms with Gasteiger partial charge in [0.2, 0.25) is 0 Å². The lowest BCUT2D eigenvalue weighted by Crippen LogP contribution is -2.25. The first-order valence-corrected chi connectivity index (χ1v) is 8.33. The van der Waals surface area contributed by atoms with E-state index >= 15 is 0 Å². The summed E-state index contributed by atoms with van der Waals surface area (Å²) in [6, 6.07) is 6.68. The summed E-state index contributed by atoms with van der Waals surface area (Å²) in [4.78, 5) is 5.82. The number of hydrogen-bond acceptors (Lipinski definition) is 2. The summed E-state index contributed by atoms with van der Waals surface area (Å²) in [6.07, 6.45) is 3.29. The van der Waals surface area contributed by atoms with Gasteiger partial charge in [0.05, 0.1) is 0 Å². The molecule has 0 saturated carbocycles. The lowest BCUT2D eigenvalue weighted by atomic mass is 9.76. The van der Waals surface area contributed by atoms with Crippen LogP contribution in [0.15, 0.2) is 18.2 Å². The van der Waals surface area contributed by atoms with Gasteiger partial charge < -0.3 is 4.84 Å². The van der Waals surface area contributed by atoms with Crippen molar-refractivity contribution in [2.75, 3.05) is 6.54 Å². The molecule has 0 aliphatic heterocycles. The van der Waals surface area contributed by atoms with Crippen LogP contribution in [-0.2, 0) is 10.8 Å². The molecule has 2 heteroatoms. The second-order valence-corrected chi connectivity index (χ2v) is 7.18. The Morgan fingerprint density at radius 3 is 2.10 bits per heavy atom. The SMILES string of the molecule is CCCNOc1ccc(C(C)(C)CC)cc1C(C)(C)CC. The largest absolute Gasteiger partial charge is 0.408 e. The molecule has 2 nitrogen and oxygen atoms in total. The third kappa shape index (κ3) is 4.47. The first-order valence-electron chi connectivity index (χ1n) is 8.33. The van der Waals surface area contributed by atoms with Crippen LogP contribution in [0.25, 0.3) is 0 Å². The Morgan fingerprint density at radius 2 is 1.57 bits per heavy atom. The van der Waals surface area contributed by atoms with Crippen molar-refractivity contribution < 1.29 is 4.84 Å². The Balaban J connectivity index is 3.20. The summed E-state index contributed by atoms with van der Waals surface area (Å²) in [5, 5.41) is 0. The van der Waals surface area contributed by atoms with Crippen molar-refractivity contribution in [3.05, 3.63) is 29.3 Å². The van der Waals surface area contributed by atoms with Crippen molar-refractivity contribution in [3.8, 4) is 5.75 Å². The number of hydroxylamine groups is 1. The maximum Gasteiger partial charge on any atom is 0.150 e. The average Bonchev–Trinajstić information content (AvgIpc) is 2.47. The summed E-state index contributed by atoms with van der Waals surface area (Å²) in [6.45, 7) is 16.7. The topological polar surface area (TPSA) is 21.3 Å². The van der Waals surface area contributed by atoms with E-state index in [2.05, 4.69) is 72.1 Å². The Bertz CT molecular complexity index is 449. The molecule has 0 fully saturated rings. The fourth-order valence-corrected chi connectivity index (χ4v) is 2.19. The van der Waals surface area contributed by atoms with Gasteiger partial charge >= 0.3 is 0 Å². The van der Waals surface area contributed by atoms with Gasteiger partial charge in [-0.25, -0.2) is 0 Å². The summed E-state index contributed by atoms with van der Waals surface area (Å²) in [5.74, 6) is 0.964. The molecule has 120 valence electrons. The molecule has 0 aliphatic carbocycles. The molecule has 1 aromatic carbocycles. The molecule has 0 heterocycles. The third-order valence-electron chi connectivity index (χ3n) is 4.79. The predicted molar refractivity (Wildman–Crippen MR) is 92.0 cm³/mol. The van der Waals surface area contributed by atoms with Gasteiger partial charge in [-0.05, 0) is 41.7 Å². The number of hydrogen-bond donors (Lipinski definition) is 1. The second kappa shape index (κ2) is 7.31. The lowest BCUT2D eigenvalue weighted by molar-refractivity contribution is 0.190. The number of rotatable bonds is 8. The van der Waals surface area contributed by atoms with Gasteiger partial charge in [-0.15, -0.1) is 0 Å². The summed E-state index contributed by atoms with van der Waals surface area (Å²) >= 11 is 0.